The summed E-state index contributed by atoms with van der Waals surface area (Å²) in [7, 11) is 0. The molecular formula is C11H13FN4. The molecule has 16 heavy (non-hydrogen) atoms. The van der Waals surface area contributed by atoms with Crippen LogP contribution in [0, 0.1) is 0 Å². The first-order valence-electron chi connectivity index (χ1n) is 5.06. The number of aromatic nitrogens is 3. The van der Waals surface area contributed by atoms with Gasteiger partial charge in [-0.1, -0.05) is 0 Å². The van der Waals surface area contributed by atoms with Crippen molar-refractivity contribution in [2.24, 2.45) is 0 Å². The number of hydrogen-bond acceptors (Lipinski definition) is 3. The van der Waals surface area contributed by atoms with E-state index in [1.807, 2.05) is 12.1 Å². The van der Waals surface area contributed by atoms with Crippen LogP contribution in [0.15, 0.2) is 30.7 Å². The van der Waals surface area contributed by atoms with Gasteiger partial charge in [-0.2, -0.15) is 5.10 Å². The third-order valence-electron chi connectivity index (χ3n) is 2.33. The fourth-order valence-electron chi connectivity index (χ4n) is 1.53. The number of nitrogens with two attached hydrogens (primary N) is 1. The zero-order valence-electron chi connectivity index (χ0n) is 8.81. The van der Waals surface area contributed by atoms with E-state index in [2.05, 4.69) is 10.1 Å². The Kier molecular flexibility index (Phi) is 3.14. The minimum atomic E-state index is -0.412. The summed E-state index contributed by atoms with van der Waals surface area (Å²) < 4.78 is 13.9. The summed E-state index contributed by atoms with van der Waals surface area (Å²) in [6.07, 6.45) is 5.56. The molecule has 0 spiro atoms. The molecule has 4 nitrogen and oxygen atoms in total. The van der Waals surface area contributed by atoms with E-state index in [9.17, 15) is 4.39 Å². The summed E-state index contributed by atoms with van der Waals surface area (Å²) in [5.41, 5.74) is 7.52. The van der Waals surface area contributed by atoms with Crippen LogP contribution in [0.1, 0.15) is 11.1 Å². The minimum Gasteiger partial charge on any atom is -0.382 e. The predicted octanol–water partition coefficient (Wildman–Crippen LogP) is 1.42. The molecule has 2 aromatic heterocycles. The number of pyridine rings is 1. The van der Waals surface area contributed by atoms with Gasteiger partial charge in [0.25, 0.3) is 0 Å². The van der Waals surface area contributed by atoms with Crippen LogP contribution in [0.4, 0.5) is 10.2 Å². The van der Waals surface area contributed by atoms with Crippen LogP contribution in [0.3, 0.4) is 0 Å². The lowest BCUT2D eigenvalue weighted by Crippen LogP contribution is -2.00. The Bertz CT molecular complexity index is 452. The Morgan fingerprint density at radius 3 is 2.75 bits per heavy atom. The third-order valence-corrected chi connectivity index (χ3v) is 2.33. The highest BCUT2D eigenvalue weighted by molar-refractivity contribution is 5.37. The molecule has 0 atom stereocenters. The molecule has 0 amide bonds. The van der Waals surface area contributed by atoms with E-state index in [-0.39, 0.29) is 0 Å². The van der Waals surface area contributed by atoms with Gasteiger partial charge in [0.15, 0.2) is 0 Å². The second-order valence-corrected chi connectivity index (χ2v) is 3.53. The Morgan fingerprint density at radius 2 is 2.06 bits per heavy atom. The molecule has 0 aliphatic rings. The summed E-state index contributed by atoms with van der Waals surface area (Å²) >= 11 is 0. The van der Waals surface area contributed by atoms with Crippen molar-refractivity contribution in [1.82, 2.24) is 14.8 Å². The van der Waals surface area contributed by atoms with Crippen molar-refractivity contribution in [3.05, 3.63) is 41.9 Å². The van der Waals surface area contributed by atoms with Gasteiger partial charge in [0, 0.05) is 30.6 Å². The van der Waals surface area contributed by atoms with Crippen molar-refractivity contribution >= 4 is 5.82 Å². The van der Waals surface area contributed by atoms with Gasteiger partial charge in [-0.3, -0.25) is 14.1 Å². The molecule has 84 valence electrons. The number of hydrogen-bond donors (Lipinski definition) is 1. The average molecular weight is 220 g/mol. The third kappa shape index (κ3) is 2.36. The quantitative estimate of drug-likeness (QED) is 0.847. The van der Waals surface area contributed by atoms with Gasteiger partial charge in [0.1, 0.15) is 5.82 Å². The average Bonchev–Trinajstić information content (AvgIpc) is 2.61. The van der Waals surface area contributed by atoms with Gasteiger partial charge in [0.2, 0.25) is 0 Å². The highest BCUT2D eigenvalue weighted by atomic mass is 19.1. The van der Waals surface area contributed by atoms with E-state index >= 15 is 0 Å². The lowest BCUT2D eigenvalue weighted by atomic mass is 10.2. The van der Waals surface area contributed by atoms with Crippen molar-refractivity contribution in [2.75, 3.05) is 12.4 Å². The number of aryl methyl sites for hydroxylation is 1. The van der Waals surface area contributed by atoms with Crippen LogP contribution in [-0.2, 0) is 13.0 Å². The lowest BCUT2D eigenvalue weighted by molar-refractivity contribution is 0.495. The van der Waals surface area contributed by atoms with Gasteiger partial charge >= 0.3 is 0 Å². The van der Waals surface area contributed by atoms with Gasteiger partial charge in [0.05, 0.1) is 13.2 Å². The van der Waals surface area contributed by atoms with E-state index < -0.39 is 6.67 Å². The molecule has 0 aliphatic carbocycles. The van der Waals surface area contributed by atoms with Gasteiger partial charge in [-0.05, 0) is 17.7 Å². The van der Waals surface area contributed by atoms with Crippen molar-refractivity contribution in [3.63, 3.8) is 0 Å². The number of rotatable bonds is 4. The Balaban J connectivity index is 2.13. The first-order valence-corrected chi connectivity index (χ1v) is 5.06. The molecule has 0 radical (unpaired) electrons. The molecular weight excluding hydrogens is 207 g/mol. The minimum absolute atomic E-state index is 0.322. The van der Waals surface area contributed by atoms with E-state index in [1.54, 1.807) is 23.3 Å². The SMILES string of the molecule is Nc1nn(Cc2ccncc2)cc1CCF. The smallest absolute Gasteiger partial charge is 0.148 e. The summed E-state index contributed by atoms with van der Waals surface area (Å²) in [5, 5.41) is 4.13. The number of nitrogens with zero attached hydrogens (tertiary/aromatic N) is 3. The van der Waals surface area contributed by atoms with Gasteiger partial charge < -0.3 is 5.73 Å². The molecule has 2 aromatic rings. The molecule has 0 aromatic carbocycles. The molecule has 0 bridgehead atoms. The van der Waals surface area contributed by atoms with Crippen LogP contribution in [0.5, 0.6) is 0 Å². The molecule has 2 N–H and O–H groups in total. The van der Waals surface area contributed by atoms with E-state index in [1.165, 1.54) is 0 Å². The number of alkyl halides is 1. The van der Waals surface area contributed by atoms with Crippen LogP contribution in [0.25, 0.3) is 0 Å². The van der Waals surface area contributed by atoms with E-state index in [0.29, 0.717) is 18.8 Å². The van der Waals surface area contributed by atoms with Gasteiger partial charge in [-0.25, -0.2) is 0 Å². The number of anilines is 1. The fourth-order valence-corrected chi connectivity index (χ4v) is 1.53. The summed E-state index contributed by atoms with van der Waals surface area (Å²) in [6, 6.07) is 3.82. The molecule has 2 rings (SSSR count). The van der Waals surface area contributed by atoms with Crippen LogP contribution < -0.4 is 5.73 Å². The Morgan fingerprint density at radius 1 is 1.31 bits per heavy atom. The number of halogens is 1. The first-order chi connectivity index (χ1) is 7.79. The van der Waals surface area contributed by atoms with Crippen LogP contribution in [0.2, 0.25) is 0 Å². The largest absolute Gasteiger partial charge is 0.382 e. The lowest BCUT2D eigenvalue weighted by Gasteiger charge is -1.99. The van der Waals surface area contributed by atoms with E-state index in [4.69, 9.17) is 5.73 Å². The van der Waals surface area contributed by atoms with Crippen molar-refractivity contribution in [3.8, 4) is 0 Å². The van der Waals surface area contributed by atoms with Crippen LogP contribution in [-0.4, -0.2) is 21.4 Å². The Labute approximate surface area is 92.9 Å². The van der Waals surface area contributed by atoms with Crippen molar-refractivity contribution in [2.45, 2.75) is 13.0 Å². The monoisotopic (exact) mass is 220 g/mol. The molecule has 0 unspecified atom stereocenters. The molecule has 0 saturated heterocycles. The molecule has 0 aliphatic heterocycles. The topological polar surface area (TPSA) is 56.7 Å². The fraction of sp³-hybridized carbons (Fsp3) is 0.273. The molecule has 5 heteroatoms. The molecule has 0 fully saturated rings. The highest BCUT2D eigenvalue weighted by Crippen LogP contribution is 2.11. The van der Waals surface area contributed by atoms with Crippen molar-refractivity contribution in [1.29, 1.82) is 0 Å². The van der Waals surface area contributed by atoms with Crippen LogP contribution >= 0.6 is 0 Å². The summed E-state index contributed by atoms with van der Waals surface area (Å²) in [5.74, 6) is 0.409. The van der Waals surface area contributed by atoms with Crippen molar-refractivity contribution < 1.29 is 4.39 Å². The zero-order valence-corrected chi connectivity index (χ0v) is 8.81. The standard InChI is InChI=1S/C11H13FN4/c12-4-1-10-8-16(15-11(10)13)7-9-2-5-14-6-3-9/h2-3,5-6,8H,1,4,7H2,(H2,13,15). The zero-order chi connectivity index (χ0) is 11.4. The predicted molar refractivity (Wildman–Crippen MR) is 59.7 cm³/mol. The molecule has 0 saturated carbocycles. The second-order valence-electron chi connectivity index (χ2n) is 3.53. The summed E-state index contributed by atoms with van der Waals surface area (Å²) in [4.78, 5) is 3.94. The number of nitrogen functional groups attached to an aromatic ring is 1. The maximum absolute atomic E-state index is 12.2. The second kappa shape index (κ2) is 4.74. The first kappa shape index (κ1) is 10.6. The molecule has 2 heterocycles. The van der Waals surface area contributed by atoms with E-state index in [0.717, 1.165) is 11.1 Å². The Hall–Kier alpha value is -1.91. The maximum Gasteiger partial charge on any atom is 0.148 e. The summed E-state index contributed by atoms with van der Waals surface area (Å²) in [6.45, 7) is 0.212. The normalized spacial score (nSPS) is 10.6. The van der Waals surface area contributed by atoms with Gasteiger partial charge in [-0.15, -0.1) is 0 Å². The maximum atomic E-state index is 12.2. The highest BCUT2D eigenvalue weighted by Gasteiger charge is 2.05.